The van der Waals surface area contributed by atoms with Gasteiger partial charge in [0.25, 0.3) is 5.56 Å². The van der Waals surface area contributed by atoms with E-state index < -0.39 is 5.82 Å². The van der Waals surface area contributed by atoms with Crippen LogP contribution in [-0.4, -0.2) is 16.7 Å². The van der Waals surface area contributed by atoms with Gasteiger partial charge in [-0.3, -0.25) is 9.36 Å². The maximum absolute atomic E-state index is 13.7. The zero-order valence-corrected chi connectivity index (χ0v) is 12.5. The van der Waals surface area contributed by atoms with Gasteiger partial charge in [-0.05, 0) is 35.9 Å². The highest BCUT2D eigenvalue weighted by molar-refractivity contribution is 6.31. The van der Waals surface area contributed by atoms with E-state index in [1.807, 2.05) is 0 Å². The standard InChI is InChI=1S/C16H12ClFN2O2/c1-22-15-5-2-10(6-13(15)18)8-20-9-19-14-7-11(17)3-4-12(14)16(20)21/h2-7,9H,8H2,1H3. The summed E-state index contributed by atoms with van der Waals surface area (Å²) in [6.07, 6.45) is 1.43. The maximum atomic E-state index is 13.7. The zero-order valence-electron chi connectivity index (χ0n) is 11.7. The first-order chi connectivity index (χ1) is 10.6. The number of aromatic nitrogens is 2. The van der Waals surface area contributed by atoms with Crippen molar-refractivity contribution in [1.29, 1.82) is 0 Å². The molecule has 2 aromatic carbocycles. The normalized spacial score (nSPS) is 10.9. The van der Waals surface area contributed by atoms with E-state index in [1.54, 1.807) is 24.3 Å². The summed E-state index contributed by atoms with van der Waals surface area (Å²) in [6.45, 7) is 0.227. The summed E-state index contributed by atoms with van der Waals surface area (Å²) in [7, 11) is 1.40. The lowest BCUT2D eigenvalue weighted by Crippen LogP contribution is -2.21. The number of nitrogens with zero attached hydrogens (tertiary/aromatic N) is 2. The van der Waals surface area contributed by atoms with E-state index in [9.17, 15) is 9.18 Å². The Balaban J connectivity index is 2.01. The molecule has 6 heteroatoms. The summed E-state index contributed by atoms with van der Waals surface area (Å²) in [5, 5.41) is 0.996. The summed E-state index contributed by atoms with van der Waals surface area (Å²) < 4.78 is 20.0. The minimum absolute atomic E-state index is 0.169. The lowest BCUT2D eigenvalue weighted by Gasteiger charge is -2.08. The van der Waals surface area contributed by atoms with Gasteiger partial charge < -0.3 is 4.74 Å². The lowest BCUT2D eigenvalue weighted by molar-refractivity contribution is 0.386. The molecule has 0 aliphatic carbocycles. The second-order valence-corrected chi connectivity index (χ2v) is 5.24. The predicted octanol–water partition coefficient (Wildman–Crippen LogP) is 3.25. The Labute approximate surface area is 130 Å². The number of hydrogen-bond acceptors (Lipinski definition) is 3. The molecule has 0 saturated heterocycles. The first-order valence-electron chi connectivity index (χ1n) is 6.55. The fourth-order valence-corrected chi connectivity index (χ4v) is 2.42. The van der Waals surface area contributed by atoms with E-state index in [0.29, 0.717) is 21.5 Å². The van der Waals surface area contributed by atoms with Crippen LogP contribution in [-0.2, 0) is 6.54 Å². The number of hydrogen-bond donors (Lipinski definition) is 0. The van der Waals surface area contributed by atoms with Gasteiger partial charge in [0.05, 0.1) is 30.9 Å². The number of benzene rings is 2. The highest BCUT2D eigenvalue weighted by atomic mass is 35.5. The third-order valence-electron chi connectivity index (χ3n) is 3.36. The van der Waals surface area contributed by atoms with E-state index in [-0.39, 0.29) is 17.9 Å². The van der Waals surface area contributed by atoms with Crippen molar-refractivity contribution in [1.82, 2.24) is 9.55 Å². The van der Waals surface area contributed by atoms with Crippen molar-refractivity contribution in [2.45, 2.75) is 6.54 Å². The van der Waals surface area contributed by atoms with Gasteiger partial charge in [0.1, 0.15) is 0 Å². The smallest absolute Gasteiger partial charge is 0.261 e. The summed E-state index contributed by atoms with van der Waals surface area (Å²) in [5.74, 6) is -0.295. The molecule has 0 saturated carbocycles. The predicted molar refractivity (Wildman–Crippen MR) is 83.1 cm³/mol. The number of methoxy groups -OCH3 is 1. The number of halogens is 2. The molecule has 0 aliphatic rings. The first-order valence-corrected chi connectivity index (χ1v) is 6.93. The van der Waals surface area contributed by atoms with E-state index in [4.69, 9.17) is 16.3 Å². The van der Waals surface area contributed by atoms with Crippen molar-refractivity contribution in [2.24, 2.45) is 0 Å². The molecule has 0 spiro atoms. The fourth-order valence-electron chi connectivity index (χ4n) is 2.25. The van der Waals surface area contributed by atoms with Crippen molar-refractivity contribution in [3.05, 3.63) is 69.5 Å². The molecular weight excluding hydrogens is 307 g/mol. The van der Waals surface area contributed by atoms with Crippen LogP contribution in [0.1, 0.15) is 5.56 Å². The number of fused-ring (bicyclic) bond motifs is 1. The van der Waals surface area contributed by atoms with Crippen molar-refractivity contribution >= 4 is 22.5 Å². The average Bonchev–Trinajstić information content (AvgIpc) is 2.50. The second kappa shape index (κ2) is 5.77. The van der Waals surface area contributed by atoms with Crippen LogP contribution in [0.25, 0.3) is 10.9 Å². The molecule has 3 rings (SSSR count). The molecule has 0 aliphatic heterocycles. The maximum Gasteiger partial charge on any atom is 0.261 e. The van der Waals surface area contributed by atoms with Crippen LogP contribution in [0.15, 0.2) is 47.5 Å². The van der Waals surface area contributed by atoms with Crippen LogP contribution in [0, 0.1) is 5.82 Å². The van der Waals surface area contributed by atoms with Crippen molar-refractivity contribution < 1.29 is 9.13 Å². The monoisotopic (exact) mass is 318 g/mol. The fraction of sp³-hybridized carbons (Fsp3) is 0.125. The van der Waals surface area contributed by atoms with Gasteiger partial charge in [0, 0.05) is 5.02 Å². The Morgan fingerprint density at radius 3 is 2.82 bits per heavy atom. The van der Waals surface area contributed by atoms with E-state index >= 15 is 0 Å². The average molecular weight is 319 g/mol. The summed E-state index contributed by atoms with van der Waals surface area (Å²) in [5.41, 5.74) is 0.989. The highest BCUT2D eigenvalue weighted by Crippen LogP contribution is 2.18. The minimum atomic E-state index is -0.464. The largest absolute Gasteiger partial charge is 0.494 e. The molecule has 1 aromatic heterocycles. The first kappa shape index (κ1) is 14.5. The molecule has 0 fully saturated rings. The quantitative estimate of drug-likeness (QED) is 0.744. The number of rotatable bonds is 3. The molecule has 0 radical (unpaired) electrons. The third-order valence-corrected chi connectivity index (χ3v) is 3.59. The Hall–Kier alpha value is -2.40. The molecule has 0 bridgehead atoms. The lowest BCUT2D eigenvalue weighted by atomic mass is 10.2. The number of ether oxygens (including phenoxy) is 1. The van der Waals surface area contributed by atoms with Crippen LogP contribution in [0.4, 0.5) is 4.39 Å². The molecule has 0 atom stereocenters. The summed E-state index contributed by atoms with van der Waals surface area (Å²) >= 11 is 5.88. The molecule has 0 unspecified atom stereocenters. The molecule has 22 heavy (non-hydrogen) atoms. The highest BCUT2D eigenvalue weighted by Gasteiger charge is 2.07. The SMILES string of the molecule is COc1ccc(Cn2cnc3cc(Cl)ccc3c2=O)cc1F. The Kier molecular flexibility index (Phi) is 3.81. The van der Waals surface area contributed by atoms with Gasteiger partial charge in [-0.2, -0.15) is 0 Å². The molecule has 112 valence electrons. The zero-order chi connectivity index (χ0) is 15.7. The summed E-state index contributed by atoms with van der Waals surface area (Å²) in [6, 6.07) is 9.50. The minimum Gasteiger partial charge on any atom is -0.494 e. The van der Waals surface area contributed by atoms with Gasteiger partial charge in [0.15, 0.2) is 11.6 Å². The molecular formula is C16H12ClFN2O2. The molecule has 1 heterocycles. The van der Waals surface area contributed by atoms with Gasteiger partial charge in [-0.15, -0.1) is 0 Å². The van der Waals surface area contributed by atoms with E-state index in [2.05, 4.69) is 4.98 Å². The van der Waals surface area contributed by atoms with Gasteiger partial charge >= 0.3 is 0 Å². The molecule has 0 N–H and O–H groups in total. The van der Waals surface area contributed by atoms with Crippen LogP contribution in [0.3, 0.4) is 0 Å². The molecule has 3 aromatic rings. The van der Waals surface area contributed by atoms with Gasteiger partial charge in [-0.25, -0.2) is 9.37 Å². The van der Waals surface area contributed by atoms with Crippen LogP contribution in [0.5, 0.6) is 5.75 Å². The van der Waals surface area contributed by atoms with E-state index in [1.165, 1.54) is 30.1 Å². The van der Waals surface area contributed by atoms with Crippen LogP contribution < -0.4 is 10.3 Å². The van der Waals surface area contributed by atoms with Crippen LogP contribution >= 0.6 is 11.6 Å². The van der Waals surface area contributed by atoms with Crippen molar-refractivity contribution in [2.75, 3.05) is 7.11 Å². The van der Waals surface area contributed by atoms with Crippen molar-refractivity contribution in [3.8, 4) is 5.75 Å². The van der Waals surface area contributed by atoms with Gasteiger partial charge in [-0.1, -0.05) is 17.7 Å². The molecule has 0 amide bonds. The second-order valence-electron chi connectivity index (χ2n) is 4.81. The van der Waals surface area contributed by atoms with Crippen molar-refractivity contribution in [3.63, 3.8) is 0 Å². The molecule has 4 nitrogen and oxygen atoms in total. The van der Waals surface area contributed by atoms with Gasteiger partial charge in [0.2, 0.25) is 0 Å². The topological polar surface area (TPSA) is 44.1 Å². The Morgan fingerprint density at radius 2 is 2.09 bits per heavy atom. The summed E-state index contributed by atoms with van der Waals surface area (Å²) in [4.78, 5) is 16.6. The third kappa shape index (κ3) is 2.67. The Bertz CT molecular complexity index is 908. The Morgan fingerprint density at radius 1 is 1.27 bits per heavy atom. The van der Waals surface area contributed by atoms with E-state index in [0.717, 1.165) is 0 Å². The van der Waals surface area contributed by atoms with Crippen LogP contribution in [0.2, 0.25) is 5.02 Å².